The average molecular weight is 933 g/mol. The van der Waals surface area contributed by atoms with E-state index < -0.39 is 16.1 Å². The zero-order chi connectivity index (χ0) is 46.7. The summed E-state index contributed by atoms with van der Waals surface area (Å²) in [6.45, 7) is 0.0263. The second-order valence-corrected chi connectivity index (χ2v) is 26.9. The third-order valence-electron chi connectivity index (χ3n) is 16.2. The van der Waals surface area contributed by atoms with E-state index in [1.807, 2.05) is 0 Å². The summed E-state index contributed by atoms with van der Waals surface area (Å²) in [7, 11) is -5.52. The summed E-state index contributed by atoms with van der Waals surface area (Å²) in [5.41, 5.74) is 16.6. The predicted molar refractivity (Wildman–Crippen MR) is 306 cm³/mol. The number of nitrogens with zero attached hydrogens (tertiary/aromatic N) is 2. The number of anilines is 6. The standard InChI is InChI=1S/C66H45BN2Si2/c1-5-24-46(25-6-1)70(47-26-7-2-8-27-47)60-42-19-13-32-50(60)64-56(38-22-44-62(64)70)68-54-36-17-15-34-52(54)67-53-35-16-18-37-55(53)69(59-41-21-40-58(68)66(59)67)57-39-23-45-63-65(57)51-33-14-20-43-61(51)71(63,48-28-9-3-10-29-48)49-30-11-4-12-31-49/h1-45H. The van der Waals surface area contributed by atoms with E-state index in [-0.39, 0.29) is 6.71 Å². The van der Waals surface area contributed by atoms with E-state index in [0.717, 1.165) is 0 Å². The van der Waals surface area contributed by atoms with Gasteiger partial charge in [0.1, 0.15) is 0 Å². The van der Waals surface area contributed by atoms with Gasteiger partial charge < -0.3 is 9.80 Å². The molecule has 4 aliphatic heterocycles. The van der Waals surface area contributed by atoms with Crippen molar-refractivity contribution in [2.75, 3.05) is 9.80 Å². The Labute approximate surface area is 417 Å². The highest BCUT2D eigenvalue weighted by Crippen LogP contribution is 2.49. The van der Waals surface area contributed by atoms with Crippen LogP contribution in [0.2, 0.25) is 0 Å². The van der Waals surface area contributed by atoms with Gasteiger partial charge in [0, 0.05) is 33.9 Å². The Balaban J connectivity index is 1.01. The molecule has 5 heteroatoms. The van der Waals surface area contributed by atoms with E-state index in [1.165, 1.54) is 114 Å². The highest BCUT2D eigenvalue weighted by atomic mass is 28.3. The average Bonchev–Trinajstić information content (AvgIpc) is 3.94. The molecule has 0 aliphatic carbocycles. The lowest BCUT2D eigenvalue weighted by Crippen LogP contribution is -2.72. The molecule has 0 unspecified atom stereocenters. The van der Waals surface area contributed by atoms with Crippen LogP contribution < -0.4 is 67.7 Å². The van der Waals surface area contributed by atoms with Gasteiger partial charge in [-0.1, -0.05) is 237 Å². The fourth-order valence-electron chi connectivity index (χ4n) is 13.7. The molecule has 0 atom stereocenters. The molecule has 0 bridgehead atoms. The van der Waals surface area contributed by atoms with Crippen molar-refractivity contribution in [3.05, 3.63) is 273 Å². The van der Waals surface area contributed by atoms with E-state index in [9.17, 15) is 0 Å². The number of benzene rings is 11. The Kier molecular flexibility index (Phi) is 8.83. The second kappa shape index (κ2) is 15.5. The summed E-state index contributed by atoms with van der Waals surface area (Å²) in [6.07, 6.45) is 0. The molecule has 15 rings (SSSR count). The molecule has 4 aliphatic rings. The van der Waals surface area contributed by atoms with Gasteiger partial charge in [-0.3, -0.25) is 0 Å². The first-order valence-corrected chi connectivity index (χ1v) is 28.9. The minimum atomic E-state index is -2.76. The number of hydrogen-bond donors (Lipinski definition) is 0. The van der Waals surface area contributed by atoms with E-state index >= 15 is 0 Å². The topological polar surface area (TPSA) is 6.48 Å². The monoisotopic (exact) mass is 932 g/mol. The summed E-state index contributed by atoms with van der Waals surface area (Å²) in [4.78, 5) is 5.25. The zero-order valence-corrected chi connectivity index (χ0v) is 41.0. The predicted octanol–water partition coefficient (Wildman–Crippen LogP) is 8.48. The highest BCUT2D eigenvalue weighted by molar-refractivity contribution is 7.23. The fourth-order valence-corrected chi connectivity index (χ4v) is 24.1. The van der Waals surface area contributed by atoms with Gasteiger partial charge in [-0.15, -0.1) is 0 Å². The van der Waals surface area contributed by atoms with Crippen LogP contribution in [0, 0.1) is 0 Å². The maximum Gasteiger partial charge on any atom is 0.252 e. The third kappa shape index (κ3) is 5.37. The van der Waals surface area contributed by atoms with Crippen molar-refractivity contribution in [3.63, 3.8) is 0 Å². The molecule has 0 amide bonds. The quantitative estimate of drug-likeness (QED) is 0.155. The van der Waals surface area contributed by atoms with Gasteiger partial charge in [0.2, 0.25) is 0 Å². The Hall–Kier alpha value is -8.48. The number of para-hydroxylation sites is 2. The Morgan fingerprint density at radius 3 is 0.944 bits per heavy atom. The SMILES string of the molecule is c1ccc([Si]2(c3ccccc3)c3ccccc3-c3c(N4c5ccccc5B5c6ccccc6N(c6cccc7c6-c6ccccc6[Si]7(c6ccccc6)c6ccccc6)c6cccc4c65)cccc32)cc1. The van der Waals surface area contributed by atoms with Crippen LogP contribution in [0.4, 0.5) is 34.1 Å². The molecule has 11 aromatic rings. The molecule has 71 heavy (non-hydrogen) atoms. The lowest BCUT2D eigenvalue weighted by molar-refractivity contribution is 1.26. The molecule has 2 nitrogen and oxygen atoms in total. The number of hydrogen-bond acceptors (Lipinski definition) is 2. The van der Waals surface area contributed by atoms with Crippen LogP contribution >= 0.6 is 0 Å². The van der Waals surface area contributed by atoms with Crippen LogP contribution in [0.3, 0.4) is 0 Å². The zero-order valence-electron chi connectivity index (χ0n) is 39.0. The van der Waals surface area contributed by atoms with E-state index in [0.29, 0.717) is 0 Å². The second-order valence-electron chi connectivity index (χ2n) is 19.4. The maximum absolute atomic E-state index is 2.76. The Morgan fingerprint density at radius 1 is 0.239 bits per heavy atom. The van der Waals surface area contributed by atoms with Crippen molar-refractivity contribution < 1.29 is 0 Å². The molecule has 0 spiro atoms. The molecule has 0 radical (unpaired) electrons. The summed E-state index contributed by atoms with van der Waals surface area (Å²) >= 11 is 0. The smallest absolute Gasteiger partial charge is 0.252 e. The number of fused-ring (bicyclic) bond motifs is 10. The molecular weight excluding hydrogens is 888 g/mol. The van der Waals surface area contributed by atoms with E-state index in [2.05, 4.69) is 283 Å². The minimum absolute atomic E-state index is 0.0263. The first-order chi connectivity index (χ1) is 35.3. The van der Waals surface area contributed by atoms with Gasteiger partial charge in [0.15, 0.2) is 16.1 Å². The third-order valence-corrected chi connectivity index (χ3v) is 25.9. The fraction of sp³-hybridized carbons (Fsp3) is 0. The van der Waals surface area contributed by atoms with Crippen molar-refractivity contribution in [3.8, 4) is 22.3 Å². The normalized spacial score (nSPS) is 14.6. The van der Waals surface area contributed by atoms with Gasteiger partial charge in [0.05, 0.1) is 11.4 Å². The van der Waals surface area contributed by atoms with Gasteiger partial charge >= 0.3 is 0 Å². The maximum atomic E-state index is 2.63. The van der Waals surface area contributed by atoms with Crippen molar-refractivity contribution in [2.24, 2.45) is 0 Å². The van der Waals surface area contributed by atoms with Crippen molar-refractivity contribution in [1.29, 1.82) is 0 Å². The van der Waals surface area contributed by atoms with Crippen LogP contribution in [0.5, 0.6) is 0 Å². The number of rotatable bonds is 6. The molecule has 0 N–H and O–H groups in total. The molecule has 11 aromatic carbocycles. The minimum Gasteiger partial charge on any atom is -0.311 e. The molecule has 4 heterocycles. The summed E-state index contributed by atoms with van der Waals surface area (Å²) in [5.74, 6) is 0. The molecular formula is C66H45BN2Si2. The Bertz CT molecular complexity index is 3590. The Morgan fingerprint density at radius 2 is 0.535 bits per heavy atom. The first kappa shape index (κ1) is 40.4. The van der Waals surface area contributed by atoms with Crippen LogP contribution in [-0.2, 0) is 0 Å². The molecule has 0 aromatic heterocycles. The van der Waals surface area contributed by atoms with Crippen molar-refractivity contribution >= 4 is 115 Å². The van der Waals surface area contributed by atoms with Gasteiger partial charge in [-0.2, -0.15) is 0 Å². The largest absolute Gasteiger partial charge is 0.311 e. The summed E-state index contributed by atoms with van der Waals surface area (Å²) in [6, 6.07) is 104. The molecule has 0 saturated carbocycles. The highest BCUT2D eigenvalue weighted by Gasteiger charge is 2.53. The van der Waals surface area contributed by atoms with Crippen molar-refractivity contribution in [1.82, 2.24) is 0 Å². The van der Waals surface area contributed by atoms with Gasteiger partial charge in [-0.05, 0) is 105 Å². The molecule has 330 valence electrons. The lowest BCUT2D eigenvalue weighted by atomic mass is 9.33. The van der Waals surface area contributed by atoms with Crippen LogP contribution in [0.15, 0.2) is 273 Å². The van der Waals surface area contributed by atoms with E-state index in [1.54, 1.807) is 0 Å². The van der Waals surface area contributed by atoms with Gasteiger partial charge in [0.25, 0.3) is 6.71 Å². The van der Waals surface area contributed by atoms with Crippen LogP contribution in [-0.4, -0.2) is 22.9 Å². The summed E-state index contributed by atoms with van der Waals surface area (Å²) in [5, 5.41) is 11.4. The van der Waals surface area contributed by atoms with Gasteiger partial charge in [-0.25, -0.2) is 0 Å². The van der Waals surface area contributed by atoms with E-state index in [4.69, 9.17) is 0 Å². The molecule has 0 saturated heterocycles. The summed E-state index contributed by atoms with van der Waals surface area (Å²) < 4.78 is 0. The first-order valence-electron chi connectivity index (χ1n) is 24.9. The van der Waals surface area contributed by atoms with Crippen LogP contribution in [0.1, 0.15) is 0 Å². The van der Waals surface area contributed by atoms with Crippen molar-refractivity contribution in [2.45, 2.75) is 0 Å². The van der Waals surface area contributed by atoms with Crippen LogP contribution in [0.25, 0.3) is 22.3 Å². The lowest BCUT2D eigenvalue weighted by Gasteiger charge is -2.44. The molecule has 0 fully saturated rings.